The van der Waals surface area contributed by atoms with E-state index < -0.39 is 0 Å². The number of hydrogen-bond acceptors (Lipinski definition) is 4. The van der Waals surface area contributed by atoms with Crippen LogP contribution in [0, 0.1) is 0 Å². The molecular formula is C19H21N4O2+. The molecule has 1 aliphatic rings. The number of nitrogens with zero attached hydrogens (tertiary/aromatic N) is 4. The minimum atomic E-state index is -0.107. The summed E-state index contributed by atoms with van der Waals surface area (Å²) >= 11 is 0. The summed E-state index contributed by atoms with van der Waals surface area (Å²) in [5.74, 6) is 1.44. The molecule has 0 aromatic carbocycles. The van der Waals surface area contributed by atoms with Crippen molar-refractivity contribution in [2.75, 3.05) is 7.11 Å². The van der Waals surface area contributed by atoms with Crippen molar-refractivity contribution in [1.29, 1.82) is 0 Å². The molecule has 1 unspecified atom stereocenters. The number of allylic oxidation sites excluding steroid dienone is 4. The Bertz CT molecular complexity index is 913. The van der Waals surface area contributed by atoms with E-state index >= 15 is 0 Å². The van der Waals surface area contributed by atoms with Crippen molar-refractivity contribution in [3.63, 3.8) is 0 Å². The van der Waals surface area contributed by atoms with Gasteiger partial charge in [0, 0.05) is 24.4 Å². The zero-order valence-electron chi connectivity index (χ0n) is 14.5. The van der Waals surface area contributed by atoms with Gasteiger partial charge in [-0.3, -0.25) is 0 Å². The third-order valence-electron chi connectivity index (χ3n) is 4.53. The monoisotopic (exact) mass is 337 g/mol. The maximum atomic E-state index is 13.4. The van der Waals surface area contributed by atoms with Crippen LogP contribution in [0.4, 0.5) is 0 Å². The van der Waals surface area contributed by atoms with Crippen LogP contribution in [0.25, 0.3) is 5.57 Å². The molecule has 0 bridgehead atoms. The zero-order valence-corrected chi connectivity index (χ0v) is 14.5. The van der Waals surface area contributed by atoms with Gasteiger partial charge in [-0.1, -0.05) is 31.4 Å². The first-order valence-corrected chi connectivity index (χ1v) is 8.05. The van der Waals surface area contributed by atoms with Crippen molar-refractivity contribution < 1.29 is 9.30 Å². The molecule has 2 aromatic heterocycles. The number of methoxy groups -OCH3 is 1. The van der Waals surface area contributed by atoms with Crippen LogP contribution in [0.5, 0.6) is 5.88 Å². The molecule has 6 nitrogen and oxygen atoms in total. The Morgan fingerprint density at radius 3 is 2.72 bits per heavy atom. The molecule has 1 aliphatic heterocycles. The molecule has 0 N–H and O–H groups in total. The van der Waals surface area contributed by atoms with Crippen molar-refractivity contribution in [2.24, 2.45) is 7.05 Å². The van der Waals surface area contributed by atoms with E-state index in [4.69, 9.17) is 4.74 Å². The third-order valence-corrected chi connectivity index (χ3v) is 4.53. The van der Waals surface area contributed by atoms with E-state index in [1.165, 1.54) is 6.33 Å². The van der Waals surface area contributed by atoms with E-state index in [0.717, 1.165) is 24.2 Å². The molecule has 2 aromatic rings. The van der Waals surface area contributed by atoms with Crippen LogP contribution in [0.15, 0.2) is 54.9 Å². The molecule has 0 amide bonds. The quantitative estimate of drug-likeness (QED) is 0.616. The van der Waals surface area contributed by atoms with Gasteiger partial charge in [0.1, 0.15) is 12.4 Å². The van der Waals surface area contributed by atoms with Crippen molar-refractivity contribution in [3.8, 4) is 5.88 Å². The summed E-state index contributed by atoms with van der Waals surface area (Å²) in [6, 6.07) is -0.0886. The van der Waals surface area contributed by atoms with Gasteiger partial charge in [-0.25, -0.2) is 19.3 Å². The SMILES string of the molecule is C=C/C=C(\C=C)c1c(OC)[n+](C)c2n(c1=O)C(c1cncnc1)CC2. The lowest BCUT2D eigenvalue weighted by Gasteiger charge is -2.14. The van der Waals surface area contributed by atoms with E-state index in [0.29, 0.717) is 17.0 Å². The van der Waals surface area contributed by atoms with Gasteiger partial charge in [-0.15, -0.1) is 0 Å². The van der Waals surface area contributed by atoms with Gasteiger partial charge >= 0.3 is 5.56 Å². The van der Waals surface area contributed by atoms with Crippen LogP contribution in [-0.4, -0.2) is 21.6 Å². The number of ether oxygens (including phenoxy) is 1. The van der Waals surface area contributed by atoms with E-state index in [1.54, 1.807) is 37.7 Å². The number of hydrogen-bond donors (Lipinski definition) is 0. The van der Waals surface area contributed by atoms with Crippen LogP contribution >= 0.6 is 0 Å². The summed E-state index contributed by atoms with van der Waals surface area (Å²) in [6.45, 7) is 7.54. The Labute approximate surface area is 146 Å². The first-order valence-electron chi connectivity index (χ1n) is 8.05. The molecule has 6 heteroatoms. The number of rotatable bonds is 5. The molecule has 0 fully saturated rings. The molecule has 128 valence electrons. The highest BCUT2D eigenvalue weighted by molar-refractivity contribution is 5.76. The fourth-order valence-corrected chi connectivity index (χ4v) is 3.44. The van der Waals surface area contributed by atoms with Gasteiger partial charge in [0.25, 0.3) is 11.7 Å². The standard InChI is InChI=1S/C19H21N4O2/c1-5-7-13(6-2)17-18(24)23-15(14-10-20-12-21-11-14)8-9-16(23)22(3)19(17)25-4/h5-7,10-12,15H,1-2,8-9H2,3-4H3/q+1/b13-7+. The first-order chi connectivity index (χ1) is 12.1. The second kappa shape index (κ2) is 6.84. The predicted molar refractivity (Wildman–Crippen MR) is 95.3 cm³/mol. The number of aromatic nitrogens is 4. The minimum absolute atomic E-state index is 0.0886. The maximum absolute atomic E-state index is 13.4. The van der Waals surface area contributed by atoms with E-state index in [2.05, 4.69) is 23.1 Å². The average Bonchev–Trinajstić information content (AvgIpc) is 3.09. The fraction of sp³-hybridized carbons (Fsp3) is 0.263. The maximum Gasteiger partial charge on any atom is 0.349 e. The van der Waals surface area contributed by atoms with Crippen LogP contribution in [-0.2, 0) is 13.5 Å². The average molecular weight is 337 g/mol. The molecule has 25 heavy (non-hydrogen) atoms. The summed E-state index contributed by atoms with van der Waals surface area (Å²) < 4.78 is 9.30. The molecule has 3 heterocycles. The summed E-state index contributed by atoms with van der Waals surface area (Å²) in [7, 11) is 3.48. The molecule has 0 saturated heterocycles. The molecule has 0 aliphatic carbocycles. The van der Waals surface area contributed by atoms with E-state index in [-0.39, 0.29) is 11.6 Å². The van der Waals surface area contributed by atoms with Crippen LogP contribution in [0.2, 0.25) is 0 Å². The topological polar surface area (TPSA) is 60.9 Å². The zero-order chi connectivity index (χ0) is 18.0. The Morgan fingerprint density at radius 1 is 1.40 bits per heavy atom. The molecule has 0 radical (unpaired) electrons. The van der Waals surface area contributed by atoms with Crippen molar-refractivity contribution in [2.45, 2.75) is 18.9 Å². The largest absolute Gasteiger partial charge is 0.465 e. The summed E-state index contributed by atoms with van der Waals surface area (Å²) in [5.41, 5.74) is 1.97. The lowest BCUT2D eigenvalue weighted by atomic mass is 10.1. The molecule has 0 saturated carbocycles. The summed E-state index contributed by atoms with van der Waals surface area (Å²) in [4.78, 5) is 21.5. The minimum Gasteiger partial charge on any atom is -0.465 e. The van der Waals surface area contributed by atoms with Gasteiger partial charge in [-0.2, -0.15) is 4.57 Å². The second-order valence-corrected chi connectivity index (χ2v) is 5.82. The summed E-state index contributed by atoms with van der Waals surface area (Å²) in [5, 5.41) is 0. The third kappa shape index (κ3) is 2.69. The van der Waals surface area contributed by atoms with Crippen molar-refractivity contribution in [1.82, 2.24) is 14.5 Å². The molecule has 0 spiro atoms. The van der Waals surface area contributed by atoms with Gasteiger partial charge < -0.3 is 4.74 Å². The lowest BCUT2D eigenvalue weighted by molar-refractivity contribution is -0.688. The second-order valence-electron chi connectivity index (χ2n) is 5.82. The molecule has 3 rings (SSSR count). The summed E-state index contributed by atoms with van der Waals surface area (Å²) in [6.07, 6.45) is 11.6. The van der Waals surface area contributed by atoms with Crippen molar-refractivity contribution >= 4 is 5.57 Å². The van der Waals surface area contributed by atoms with Crippen LogP contribution in [0.1, 0.15) is 29.4 Å². The normalized spacial score (nSPS) is 16.4. The Kier molecular flexibility index (Phi) is 4.61. The van der Waals surface area contributed by atoms with Gasteiger partial charge in [-0.05, 0) is 5.57 Å². The van der Waals surface area contributed by atoms with Crippen molar-refractivity contribution in [3.05, 3.63) is 77.4 Å². The molecular weight excluding hydrogens is 316 g/mol. The van der Waals surface area contributed by atoms with Gasteiger partial charge in [0.15, 0.2) is 5.56 Å². The predicted octanol–water partition coefficient (Wildman–Crippen LogP) is 1.76. The van der Waals surface area contributed by atoms with Gasteiger partial charge in [0.2, 0.25) is 0 Å². The fourth-order valence-electron chi connectivity index (χ4n) is 3.44. The Hall–Kier alpha value is -3.02. The van der Waals surface area contributed by atoms with Crippen LogP contribution < -0.4 is 14.9 Å². The Morgan fingerprint density at radius 2 is 2.12 bits per heavy atom. The van der Waals surface area contributed by atoms with Crippen LogP contribution in [0.3, 0.4) is 0 Å². The Balaban J connectivity index is 2.32. The number of fused-ring (bicyclic) bond motifs is 1. The highest BCUT2D eigenvalue weighted by Crippen LogP contribution is 2.30. The molecule has 1 atom stereocenters. The van der Waals surface area contributed by atoms with E-state index in [1.807, 2.05) is 16.2 Å². The van der Waals surface area contributed by atoms with E-state index in [9.17, 15) is 4.79 Å². The van der Waals surface area contributed by atoms with Gasteiger partial charge in [0.05, 0.1) is 20.6 Å². The smallest absolute Gasteiger partial charge is 0.349 e. The highest BCUT2D eigenvalue weighted by Gasteiger charge is 2.38. The highest BCUT2D eigenvalue weighted by atomic mass is 16.5. The first kappa shape index (κ1) is 16.8. The lowest BCUT2D eigenvalue weighted by Crippen LogP contribution is -2.44.